The number of amides is 3. The fraction of sp³-hybridized carbons (Fsp3) is 0.323. The number of benzene rings is 3. The minimum atomic E-state index is -0.319. The lowest BCUT2D eigenvalue weighted by molar-refractivity contribution is 0.0654. The third-order valence-electron chi connectivity index (χ3n) is 6.71. The Hall–Kier alpha value is -3.73. The Morgan fingerprint density at radius 3 is 1.58 bits per heavy atom. The first-order valence-corrected chi connectivity index (χ1v) is 12.4. The highest BCUT2D eigenvalue weighted by molar-refractivity contribution is 6.21. The van der Waals surface area contributed by atoms with E-state index in [1.807, 2.05) is 48.5 Å². The monoisotopic (exact) mass is 482 g/mol. The molecule has 186 valence electrons. The first kappa shape index (κ1) is 25.4. The van der Waals surface area contributed by atoms with Crippen molar-refractivity contribution in [2.75, 3.05) is 18.0 Å². The Kier molecular flexibility index (Phi) is 6.61. The first-order valence-electron chi connectivity index (χ1n) is 12.4. The third-order valence-corrected chi connectivity index (χ3v) is 6.71. The number of anilines is 1. The second-order valence-corrected chi connectivity index (χ2v) is 11.4. The molecule has 3 aromatic carbocycles. The summed E-state index contributed by atoms with van der Waals surface area (Å²) >= 11 is 0. The van der Waals surface area contributed by atoms with Gasteiger partial charge in [0.25, 0.3) is 17.7 Å². The topological polar surface area (TPSA) is 57.7 Å². The van der Waals surface area contributed by atoms with Crippen molar-refractivity contribution in [3.05, 3.63) is 101 Å². The quantitative estimate of drug-likeness (QED) is 0.405. The van der Waals surface area contributed by atoms with E-state index in [1.54, 1.807) is 29.2 Å². The Morgan fingerprint density at radius 2 is 1.14 bits per heavy atom. The molecular weight excluding hydrogens is 448 g/mol. The Balaban J connectivity index is 1.63. The molecule has 0 saturated carbocycles. The van der Waals surface area contributed by atoms with E-state index >= 15 is 0 Å². The number of rotatable bonds is 5. The Labute approximate surface area is 213 Å². The van der Waals surface area contributed by atoms with Crippen LogP contribution in [0.25, 0.3) is 0 Å². The zero-order valence-corrected chi connectivity index (χ0v) is 22.0. The molecular formula is C31H34N2O3. The summed E-state index contributed by atoms with van der Waals surface area (Å²) in [5.74, 6) is -0.809. The minimum absolute atomic E-state index is 0.0175. The summed E-state index contributed by atoms with van der Waals surface area (Å²) in [6, 6.07) is 22.4. The molecule has 5 heteroatoms. The molecule has 0 aromatic heterocycles. The fourth-order valence-corrected chi connectivity index (χ4v) is 4.40. The molecule has 4 rings (SSSR count). The van der Waals surface area contributed by atoms with Gasteiger partial charge in [-0.1, -0.05) is 77.9 Å². The molecule has 1 aliphatic heterocycles. The van der Waals surface area contributed by atoms with Crippen molar-refractivity contribution in [2.45, 2.75) is 52.4 Å². The molecule has 0 aliphatic carbocycles. The van der Waals surface area contributed by atoms with Crippen molar-refractivity contribution in [2.24, 2.45) is 0 Å². The summed E-state index contributed by atoms with van der Waals surface area (Å²) in [5, 5.41) is 0. The van der Waals surface area contributed by atoms with Crippen LogP contribution in [0.3, 0.4) is 0 Å². The van der Waals surface area contributed by atoms with E-state index in [4.69, 9.17) is 0 Å². The normalized spacial score (nSPS) is 13.7. The van der Waals surface area contributed by atoms with Crippen molar-refractivity contribution in [1.29, 1.82) is 0 Å². The predicted octanol–water partition coefficient (Wildman–Crippen LogP) is 6.22. The molecule has 36 heavy (non-hydrogen) atoms. The van der Waals surface area contributed by atoms with Gasteiger partial charge >= 0.3 is 0 Å². The van der Waals surface area contributed by atoms with Gasteiger partial charge in [-0.25, -0.2) is 0 Å². The van der Waals surface area contributed by atoms with Crippen LogP contribution in [-0.2, 0) is 10.8 Å². The summed E-state index contributed by atoms with van der Waals surface area (Å²) in [4.78, 5) is 42.4. The van der Waals surface area contributed by atoms with Crippen LogP contribution < -0.4 is 4.90 Å². The van der Waals surface area contributed by atoms with Gasteiger partial charge in [0.15, 0.2) is 0 Å². The maximum Gasteiger partial charge on any atom is 0.261 e. The average Bonchev–Trinajstić information content (AvgIpc) is 3.08. The summed E-state index contributed by atoms with van der Waals surface area (Å²) in [6.07, 6.45) is 0. The van der Waals surface area contributed by atoms with E-state index in [9.17, 15) is 14.4 Å². The highest BCUT2D eigenvalue weighted by Gasteiger charge is 2.35. The summed E-state index contributed by atoms with van der Waals surface area (Å²) in [7, 11) is 0. The van der Waals surface area contributed by atoms with Crippen molar-refractivity contribution in [1.82, 2.24) is 4.90 Å². The van der Waals surface area contributed by atoms with E-state index in [0.29, 0.717) is 16.7 Å². The average molecular weight is 483 g/mol. The molecule has 5 nitrogen and oxygen atoms in total. The molecule has 3 amide bonds. The van der Waals surface area contributed by atoms with Gasteiger partial charge in [-0.2, -0.15) is 0 Å². The number of carbonyl (C=O) groups excluding carboxylic acids is 3. The van der Waals surface area contributed by atoms with Crippen LogP contribution in [0.4, 0.5) is 5.69 Å². The summed E-state index contributed by atoms with van der Waals surface area (Å²) in [6.45, 7) is 13.1. The molecule has 0 spiro atoms. The van der Waals surface area contributed by atoms with E-state index in [-0.39, 0.29) is 41.6 Å². The third kappa shape index (κ3) is 4.97. The van der Waals surface area contributed by atoms with Crippen molar-refractivity contribution in [3.63, 3.8) is 0 Å². The molecule has 1 heterocycles. The van der Waals surface area contributed by atoms with Crippen LogP contribution >= 0.6 is 0 Å². The van der Waals surface area contributed by atoms with Gasteiger partial charge in [-0.05, 0) is 58.4 Å². The van der Waals surface area contributed by atoms with Crippen molar-refractivity contribution >= 4 is 23.4 Å². The number of hydrogen-bond donors (Lipinski definition) is 0. The highest BCUT2D eigenvalue weighted by atomic mass is 16.2. The predicted molar refractivity (Wildman–Crippen MR) is 144 cm³/mol. The van der Waals surface area contributed by atoms with E-state index in [2.05, 4.69) is 41.5 Å². The van der Waals surface area contributed by atoms with E-state index in [1.165, 1.54) is 4.90 Å². The molecule has 0 saturated heterocycles. The van der Waals surface area contributed by atoms with Gasteiger partial charge in [-0.3, -0.25) is 19.3 Å². The van der Waals surface area contributed by atoms with Gasteiger partial charge in [0, 0.05) is 24.3 Å². The molecule has 0 N–H and O–H groups in total. The SMILES string of the molecule is CC(C)(C)c1ccc(C(=O)N(CCN2C(=O)c3ccccc3C2=O)c2ccc(C(C)(C)C)cc2)cc1. The summed E-state index contributed by atoms with van der Waals surface area (Å²) in [5.41, 5.74) is 4.38. The van der Waals surface area contributed by atoms with Crippen LogP contribution in [0.15, 0.2) is 72.8 Å². The van der Waals surface area contributed by atoms with Crippen LogP contribution in [0, 0.1) is 0 Å². The lowest BCUT2D eigenvalue weighted by atomic mass is 9.86. The summed E-state index contributed by atoms with van der Waals surface area (Å²) < 4.78 is 0. The number of fused-ring (bicyclic) bond motifs is 1. The second-order valence-electron chi connectivity index (χ2n) is 11.4. The maximum absolute atomic E-state index is 13.7. The molecule has 1 aliphatic rings. The molecule has 0 fully saturated rings. The van der Waals surface area contributed by atoms with Crippen LogP contribution in [0.5, 0.6) is 0 Å². The molecule has 0 radical (unpaired) electrons. The van der Waals surface area contributed by atoms with Gasteiger partial charge < -0.3 is 4.90 Å². The van der Waals surface area contributed by atoms with Gasteiger partial charge in [-0.15, -0.1) is 0 Å². The first-order chi connectivity index (χ1) is 16.9. The molecule has 0 unspecified atom stereocenters. The lowest BCUT2D eigenvalue weighted by Crippen LogP contribution is -2.41. The van der Waals surface area contributed by atoms with E-state index < -0.39 is 0 Å². The molecule has 3 aromatic rings. The molecule has 0 bridgehead atoms. The Bertz CT molecular complexity index is 1260. The molecule has 0 atom stereocenters. The number of hydrogen-bond acceptors (Lipinski definition) is 3. The Morgan fingerprint density at radius 1 is 0.694 bits per heavy atom. The second kappa shape index (κ2) is 9.38. The fourth-order valence-electron chi connectivity index (χ4n) is 4.40. The number of carbonyl (C=O) groups is 3. The highest BCUT2D eigenvalue weighted by Crippen LogP contribution is 2.28. The lowest BCUT2D eigenvalue weighted by Gasteiger charge is -2.27. The maximum atomic E-state index is 13.7. The van der Waals surface area contributed by atoms with Crippen LogP contribution in [0.2, 0.25) is 0 Å². The van der Waals surface area contributed by atoms with Crippen molar-refractivity contribution < 1.29 is 14.4 Å². The van der Waals surface area contributed by atoms with Crippen molar-refractivity contribution in [3.8, 4) is 0 Å². The number of nitrogens with zero attached hydrogens (tertiary/aromatic N) is 2. The van der Waals surface area contributed by atoms with Crippen LogP contribution in [0.1, 0.15) is 83.7 Å². The number of imide groups is 1. The smallest absolute Gasteiger partial charge is 0.261 e. The van der Waals surface area contributed by atoms with Crippen LogP contribution in [-0.4, -0.2) is 35.7 Å². The van der Waals surface area contributed by atoms with Gasteiger partial charge in [0.05, 0.1) is 11.1 Å². The largest absolute Gasteiger partial charge is 0.307 e. The standard InChI is InChI=1S/C31H34N2O3/c1-30(2,3)22-13-11-21(12-14-22)27(34)32(24-17-15-23(16-18-24)31(4,5)6)19-20-33-28(35)25-9-7-8-10-26(25)29(33)36/h7-18H,19-20H2,1-6H3. The van der Waals surface area contributed by atoms with E-state index in [0.717, 1.165) is 16.8 Å². The van der Waals surface area contributed by atoms with Gasteiger partial charge in [0.1, 0.15) is 0 Å². The zero-order valence-electron chi connectivity index (χ0n) is 22.0. The minimum Gasteiger partial charge on any atom is -0.307 e. The van der Waals surface area contributed by atoms with Gasteiger partial charge in [0.2, 0.25) is 0 Å². The zero-order chi connectivity index (χ0) is 26.3.